The summed E-state index contributed by atoms with van der Waals surface area (Å²) >= 11 is 14.4. The predicted octanol–water partition coefficient (Wildman–Crippen LogP) is 11.6. The summed E-state index contributed by atoms with van der Waals surface area (Å²) in [6.07, 6.45) is 10.3. The molecule has 0 aliphatic rings. The summed E-state index contributed by atoms with van der Waals surface area (Å²) in [6.45, 7) is 19.8. The van der Waals surface area contributed by atoms with Crippen LogP contribution >= 0.6 is 59.4 Å². The number of nitrogen functional groups attached to an aromatic ring is 1. The van der Waals surface area contributed by atoms with Crippen molar-refractivity contribution in [2.75, 3.05) is 16.4 Å². The molecule has 0 radical (unpaired) electrons. The van der Waals surface area contributed by atoms with Crippen molar-refractivity contribution in [1.82, 2.24) is 4.98 Å². The molecule has 3 aromatic carbocycles. The number of nitrogens with zero attached hydrogens (tertiary/aromatic N) is 2. The van der Waals surface area contributed by atoms with Gasteiger partial charge in [-0.2, -0.15) is 4.57 Å². The number of aryl methyl sites for hydroxylation is 6. The van der Waals surface area contributed by atoms with E-state index in [9.17, 15) is 19.2 Å². The Balaban J connectivity index is -0.000000245. The minimum atomic E-state index is -0.789. The lowest BCUT2D eigenvalue weighted by Crippen LogP contribution is -3.00. The first-order valence-electron chi connectivity index (χ1n) is 21.0. The number of anilines is 3. The smallest absolute Gasteiger partial charge is 0.317 e. The molecule has 15 heteroatoms. The van der Waals surface area contributed by atoms with Gasteiger partial charge in [-0.05, 0) is 124 Å². The number of aromatic nitrogens is 2. The SMILES string of the molecule is C.C.C.CCC(Br)C(=O)Cl.CCC(Br)C(=O)Nc1c(C)cccc1C.CCC(Br)C(=O)O.CCC(C(=O)Nc1c(C)cccc1C)[n+]1ccccc1.Cc1ccc(C)c(N)c1.[Br-].c1ccncc1. The fourth-order valence-corrected chi connectivity index (χ4v) is 5.44. The van der Waals surface area contributed by atoms with Crippen LogP contribution < -0.4 is 37.9 Å². The van der Waals surface area contributed by atoms with Gasteiger partial charge >= 0.3 is 5.97 Å². The summed E-state index contributed by atoms with van der Waals surface area (Å²) in [6, 6.07) is 29.5. The maximum absolute atomic E-state index is 12.5. The number of carboxylic acids is 1. The molecule has 5 aromatic rings. The van der Waals surface area contributed by atoms with Crippen LogP contribution in [0.5, 0.6) is 0 Å². The molecule has 2 heterocycles. The molecule has 10 nitrogen and oxygen atoms in total. The third kappa shape index (κ3) is 30.5. The predicted molar refractivity (Wildman–Crippen MR) is 297 cm³/mol. The van der Waals surface area contributed by atoms with Crippen molar-refractivity contribution in [1.29, 1.82) is 0 Å². The number of rotatable bonds is 11. The number of carboxylic acid groups (broad SMARTS) is 1. The van der Waals surface area contributed by atoms with Gasteiger partial charge in [0, 0.05) is 48.0 Å². The molecule has 0 aliphatic heterocycles. The van der Waals surface area contributed by atoms with Crippen LogP contribution in [0.1, 0.15) is 115 Å². The summed E-state index contributed by atoms with van der Waals surface area (Å²) in [5.41, 5.74) is 15.1. The lowest BCUT2D eigenvalue weighted by Gasteiger charge is -2.14. The van der Waals surface area contributed by atoms with Crippen LogP contribution in [0.25, 0.3) is 0 Å². The number of pyridine rings is 2. The van der Waals surface area contributed by atoms with E-state index in [4.69, 9.17) is 22.4 Å². The van der Waals surface area contributed by atoms with Crippen LogP contribution in [0.15, 0.2) is 116 Å². The summed E-state index contributed by atoms with van der Waals surface area (Å²) in [7, 11) is 0. The number of carbonyl (C=O) groups is 4. The molecule has 0 bridgehead atoms. The van der Waals surface area contributed by atoms with Crippen molar-refractivity contribution in [3.05, 3.63) is 149 Å². The number of carbonyl (C=O) groups excluding carboxylic acids is 3. The van der Waals surface area contributed by atoms with Gasteiger partial charge in [-0.3, -0.25) is 24.2 Å². The van der Waals surface area contributed by atoms with Crippen molar-refractivity contribution in [2.45, 2.75) is 138 Å². The summed E-state index contributed by atoms with van der Waals surface area (Å²) in [5, 5.41) is 13.8. The van der Waals surface area contributed by atoms with E-state index >= 15 is 0 Å². The van der Waals surface area contributed by atoms with Gasteiger partial charge in [-0.15, -0.1) is 0 Å². The van der Waals surface area contributed by atoms with Crippen molar-refractivity contribution in [2.24, 2.45) is 0 Å². The van der Waals surface area contributed by atoms with E-state index in [0.29, 0.717) is 6.42 Å². The molecule has 2 amide bonds. The van der Waals surface area contributed by atoms with Crippen molar-refractivity contribution >= 4 is 99.5 Å². The molecule has 0 saturated carbocycles. The van der Waals surface area contributed by atoms with Crippen molar-refractivity contribution in [3.8, 4) is 0 Å². The average Bonchev–Trinajstić information content (AvgIpc) is 3.29. The second-order valence-electron chi connectivity index (χ2n) is 14.4. The molecule has 5 N–H and O–H groups in total. The normalized spacial score (nSPS) is 11.0. The fraction of sp³-hybridized carbons (Fsp3) is 0.396. The van der Waals surface area contributed by atoms with Gasteiger partial charge in [0.1, 0.15) is 4.83 Å². The van der Waals surface area contributed by atoms with Crippen molar-refractivity contribution < 1.29 is 45.8 Å². The monoisotopic (exact) mass is 1220 g/mol. The van der Waals surface area contributed by atoms with Gasteiger partial charge < -0.3 is 38.5 Å². The lowest BCUT2D eigenvalue weighted by atomic mass is 10.1. The Hall–Kier alpha value is -3.95. The van der Waals surface area contributed by atoms with Crippen LogP contribution in [0.4, 0.5) is 17.1 Å². The quantitative estimate of drug-likeness (QED) is 0.0444. The van der Waals surface area contributed by atoms with Gasteiger partial charge in [-0.1, -0.05) is 158 Å². The average molecular weight is 1220 g/mol. The number of halogens is 5. The fourth-order valence-electron chi connectivity index (χ4n) is 5.18. The molecule has 2 aromatic heterocycles. The maximum atomic E-state index is 12.5. The molecule has 4 atom stereocenters. The number of hydrogen-bond acceptors (Lipinski definition) is 6. The third-order valence-corrected chi connectivity index (χ3v) is 12.8. The second kappa shape index (κ2) is 42.0. The van der Waals surface area contributed by atoms with E-state index < -0.39 is 5.97 Å². The van der Waals surface area contributed by atoms with E-state index in [2.05, 4.69) is 69.5 Å². The topological polar surface area (TPSA) is 155 Å². The highest BCUT2D eigenvalue weighted by atomic mass is 79.9. The molecule has 68 heavy (non-hydrogen) atoms. The Labute approximate surface area is 450 Å². The number of amides is 2. The maximum Gasteiger partial charge on any atom is 0.317 e. The third-order valence-electron chi connectivity index (χ3n) is 9.12. The number of hydrogen-bond donors (Lipinski definition) is 4. The first-order valence-corrected chi connectivity index (χ1v) is 24.1. The highest BCUT2D eigenvalue weighted by molar-refractivity contribution is 9.10. The largest absolute Gasteiger partial charge is 1.00 e. The Morgan fingerprint density at radius 3 is 1.29 bits per heavy atom. The van der Waals surface area contributed by atoms with Gasteiger partial charge in [0.25, 0.3) is 5.91 Å². The standard InChI is InChI=1S/C17H20N2O.C12H16BrNO.C8H11N.C5H5N.C4H6BrClO.C4H7BrO2.3CH4.BrH/c1-4-15(19-11-6-5-7-12-19)17(20)18-16-13(2)9-8-10-14(16)3;1-4-10(13)12(15)14-11-8(2)6-5-7-9(11)3;1-6-3-4-7(2)8(9)5-6;1-2-4-6-5-3-1;2*1-2-3(5)4(6)7;;;;/h5-12,15H,4H2,1-3H3;5-7,10H,4H2,1-3H3,(H,14,15);3-5H,9H2,1-2H3;1-5H;3H,2H2,1H3;3H,2H2,1H3,(H,6,7);3*1H4;1H. The Morgan fingerprint density at radius 1 is 0.603 bits per heavy atom. The molecule has 380 valence electrons. The highest BCUT2D eigenvalue weighted by Crippen LogP contribution is 2.22. The summed E-state index contributed by atoms with van der Waals surface area (Å²) in [5.74, 6) is -0.737. The van der Waals surface area contributed by atoms with E-state index in [1.54, 1.807) is 12.4 Å². The van der Waals surface area contributed by atoms with Crippen LogP contribution in [0.2, 0.25) is 0 Å². The number of nitrogens with two attached hydrogens (primary N) is 1. The van der Waals surface area contributed by atoms with Gasteiger partial charge in [-0.25, -0.2) is 0 Å². The van der Waals surface area contributed by atoms with E-state index in [0.717, 1.165) is 64.1 Å². The molecule has 0 aliphatic carbocycles. The molecule has 0 fully saturated rings. The Bertz CT molecular complexity index is 2050. The first kappa shape index (κ1) is 73.0. The zero-order valence-corrected chi connectivity index (χ0v) is 46.1. The molecule has 4 unspecified atom stereocenters. The molecule has 0 spiro atoms. The minimum absolute atomic E-state index is 0. The summed E-state index contributed by atoms with van der Waals surface area (Å²) in [4.78, 5) is 47.3. The van der Waals surface area contributed by atoms with Gasteiger partial charge in [0.05, 0.1) is 9.65 Å². The molecular formula is C53H78Br4ClN5O5. The number of nitrogens with one attached hydrogen (secondary N) is 2. The Kier molecular flexibility index (Phi) is 45.1. The van der Waals surface area contributed by atoms with E-state index in [-0.39, 0.29) is 76.8 Å². The van der Waals surface area contributed by atoms with Crippen molar-refractivity contribution in [3.63, 3.8) is 0 Å². The number of para-hydroxylation sites is 2. The molecule has 0 saturated heterocycles. The molecular weight excluding hydrogens is 1140 g/mol. The number of benzene rings is 3. The van der Waals surface area contributed by atoms with E-state index in [1.165, 1.54) is 5.56 Å². The van der Waals surface area contributed by atoms with Crippen LogP contribution in [0, 0.1) is 41.5 Å². The van der Waals surface area contributed by atoms with Crippen LogP contribution in [-0.2, 0) is 19.2 Å². The van der Waals surface area contributed by atoms with Gasteiger partial charge in [0.15, 0.2) is 12.4 Å². The number of alkyl halides is 3. The zero-order chi connectivity index (χ0) is 48.8. The molecule has 5 rings (SSSR count). The number of aliphatic carboxylic acids is 1. The summed E-state index contributed by atoms with van der Waals surface area (Å²) < 4.78 is 1.95. The first-order chi connectivity index (χ1) is 30.2. The Morgan fingerprint density at radius 2 is 1.01 bits per heavy atom. The van der Waals surface area contributed by atoms with Crippen LogP contribution in [0.3, 0.4) is 0 Å². The zero-order valence-electron chi connectivity index (χ0n) is 39.0. The lowest BCUT2D eigenvalue weighted by molar-refractivity contribution is -0.709. The second-order valence-corrected chi connectivity index (χ2v) is 18.1. The van der Waals surface area contributed by atoms with Crippen LogP contribution in [-0.4, -0.2) is 47.6 Å². The minimum Gasteiger partial charge on any atom is -1.00 e. The highest BCUT2D eigenvalue weighted by Gasteiger charge is 2.26. The van der Waals surface area contributed by atoms with Gasteiger partial charge in [0.2, 0.25) is 17.2 Å². The van der Waals surface area contributed by atoms with E-state index in [1.807, 2.05) is 171 Å².